The smallest absolute Gasteiger partial charge is 0.326 e. The van der Waals surface area contributed by atoms with E-state index in [9.17, 15) is 9.59 Å². The first kappa shape index (κ1) is 13.6. The molecule has 19 heavy (non-hydrogen) atoms. The second-order valence-electron chi connectivity index (χ2n) is 4.95. The minimum Gasteiger partial charge on any atom is -0.480 e. The summed E-state index contributed by atoms with van der Waals surface area (Å²) < 4.78 is 5.41. The first-order chi connectivity index (χ1) is 9.08. The van der Waals surface area contributed by atoms with E-state index >= 15 is 0 Å². The first-order valence-corrected chi connectivity index (χ1v) is 6.65. The molecule has 1 aromatic heterocycles. The highest BCUT2D eigenvalue weighted by Gasteiger charge is 2.31. The number of piperidine rings is 1. The van der Waals surface area contributed by atoms with Gasteiger partial charge in [-0.05, 0) is 38.3 Å². The van der Waals surface area contributed by atoms with E-state index < -0.39 is 12.0 Å². The zero-order valence-electron chi connectivity index (χ0n) is 11.1. The van der Waals surface area contributed by atoms with Gasteiger partial charge in [0.15, 0.2) is 0 Å². The lowest BCUT2D eigenvalue weighted by molar-refractivity contribution is -0.152. The average molecular weight is 265 g/mol. The number of carbonyl (C=O) groups excluding carboxylic acids is 1. The minimum absolute atomic E-state index is 0.0962. The maximum atomic E-state index is 12.1. The van der Waals surface area contributed by atoms with E-state index in [-0.39, 0.29) is 5.91 Å². The van der Waals surface area contributed by atoms with E-state index in [0.717, 1.165) is 24.4 Å². The van der Waals surface area contributed by atoms with Gasteiger partial charge in [-0.15, -0.1) is 0 Å². The third kappa shape index (κ3) is 3.36. The third-order valence-corrected chi connectivity index (χ3v) is 3.49. The molecule has 2 rings (SSSR count). The SMILES string of the molecule is Cc1ccc(CCC(=O)N2CCCCC2C(=O)O)o1. The second-order valence-corrected chi connectivity index (χ2v) is 4.95. The molecule has 1 fully saturated rings. The van der Waals surface area contributed by atoms with Gasteiger partial charge in [0, 0.05) is 19.4 Å². The highest BCUT2D eigenvalue weighted by molar-refractivity contribution is 5.83. The summed E-state index contributed by atoms with van der Waals surface area (Å²) in [6.07, 6.45) is 3.14. The van der Waals surface area contributed by atoms with Crippen molar-refractivity contribution in [3.05, 3.63) is 23.7 Å². The number of hydrogen-bond acceptors (Lipinski definition) is 3. The van der Waals surface area contributed by atoms with Crippen molar-refractivity contribution in [2.75, 3.05) is 6.54 Å². The van der Waals surface area contributed by atoms with Gasteiger partial charge in [0.05, 0.1) is 0 Å². The lowest BCUT2D eigenvalue weighted by Crippen LogP contribution is -2.48. The summed E-state index contributed by atoms with van der Waals surface area (Å²) in [5.41, 5.74) is 0. The Morgan fingerprint density at radius 1 is 1.42 bits per heavy atom. The van der Waals surface area contributed by atoms with Gasteiger partial charge in [-0.2, -0.15) is 0 Å². The summed E-state index contributed by atoms with van der Waals surface area (Å²) in [7, 11) is 0. The van der Waals surface area contributed by atoms with Crippen LogP contribution in [0.4, 0.5) is 0 Å². The van der Waals surface area contributed by atoms with Crippen molar-refractivity contribution in [1.82, 2.24) is 4.90 Å². The molecule has 1 unspecified atom stereocenters. The average Bonchev–Trinajstić information content (AvgIpc) is 2.81. The number of carboxylic acid groups (broad SMARTS) is 1. The molecule has 0 spiro atoms. The first-order valence-electron chi connectivity index (χ1n) is 6.65. The molecule has 1 aliphatic heterocycles. The van der Waals surface area contributed by atoms with Crippen LogP contribution in [0, 0.1) is 6.92 Å². The summed E-state index contributed by atoms with van der Waals surface area (Å²) in [6.45, 7) is 2.41. The summed E-state index contributed by atoms with van der Waals surface area (Å²) in [4.78, 5) is 24.8. The van der Waals surface area contributed by atoms with Gasteiger partial charge < -0.3 is 14.4 Å². The van der Waals surface area contributed by atoms with Crippen molar-refractivity contribution in [3.8, 4) is 0 Å². The van der Waals surface area contributed by atoms with E-state index in [1.165, 1.54) is 4.90 Å². The number of carboxylic acids is 1. The monoisotopic (exact) mass is 265 g/mol. The molecule has 5 nitrogen and oxygen atoms in total. The molecule has 0 bridgehead atoms. The Labute approximate surface area is 112 Å². The molecule has 0 radical (unpaired) electrons. The van der Waals surface area contributed by atoms with Gasteiger partial charge in [0.2, 0.25) is 5.91 Å². The van der Waals surface area contributed by atoms with Gasteiger partial charge in [-0.3, -0.25) is 4.79 Å². The normalized spacial score (nSPS) is 19.4. The highest BCUT2D eigenvalue weighted by Crippen LogP contribution is 2.19. The molecule has 0 saturated carbocycles. The topological polar surface area (TPSA) is 70.8 Å². The molecule has 1 aromatic rings. The van der Waals surface area contributed by atoms with Crippen LogP contribution in [-0.4, -0.2) is 34.5 Å². The predicted octanol–water partition coefficient (Wildman–Crippen LogP) is 1.99. The molecule has 1 aliphatic rings. The Morgan fingerprint density at radius 2 is 2.21 bits per heavy atom. The molecule has 0 aliphatic carbocycles. The van der Waals surface area contributed by atoms with Crippen molar-refractivity contribution in [2.24, 2.45) is 0 Å². The Morgan fingerprint density at radius 3 is 2.84 bits per heavy atom. The number of carbonyl (C=O) groups is 2. The Hall–Kier alpha value is -1.78. The molecule has 2 heterocycles. The molecule has 0 aromatic carbocycles. The number of hydrogen-bond donors (Lipinski definition) is 1. The minimum atomic E-state index is -0.901. The van der Waals surface area contributed by atoms with Gasteiger partial charge in [0.25, 0.3) is 0 Å². The van der Waals surface area contributed by atoms with Crippen LogP contribution in [0.25, 0.3) is 0 Å². The van der Waals surface area contributed by atoms with Gasteiger partial charge in [-0.1, -0.05) is 0 Å². The fourth-order valence-electron chi connectivity index (χ4n) is 2.48. The number of aryl methyl sites for hydroxylation is 2. The number of amides is 1. The van der Waals surface area contributed by atoms with Gasteiger partial charge >= 0.3 is 5.97 Å². The van der Waals surface area contributed by atoms with Crippen molar-refractivity contribution >= 4 is 11.9 Å². The Balaban J connectivity index is 1.92. The molecule has 104 valence electrons. The third-order valence-electron chi connectivity index (χ3n) is 3.49. The molecule has 1 amide bonds. The van der Waals surface area contributed by atoms with Crippen LogP contribution in [0.2, 0.25) is 0 Å². The van der Waals surface area contributed by atoms with Crippen molar-refractivity contribution < 1.29 is 19.1 Å². The molecule has 1 saturated heterocycles. The molecule has 1 N–H and O–H groups in total. The van der Waals surface area contributed by atoms with Gasteiger partial charge in [0.1, 0.15) is 17.6 Å². The largest absolute Gasteiger partial charge is 0.480 e. The van der Waals surface area contributed by atoms with E-state index in [4.69, 9.17) is 9.52 Å². The van der Waals surface area contributed by atoms with Crippen LogP contribution in [-0.2, 0) is 16.0 Å². The lowest BCUT2D eigenvalue weighted by Gasteiger charge is -2.33. The number of likely N-dealkylation sites (tertiary alicyclic amines) is 1. The summed E-state index contributed by atoms with van der Waals surface area (Å²) >= 11 is 0. The fourth-order valence-corrected chi connectivity index (χ4v) is 2.48. The van der Waals surface area contributed by atoms with Crippen LogP contribution >= 0.6 is 0 Å². The fraction of sp³-hybridized carbons (Fsp3) is 0.571. The van der Waals surface area contributed by atoms with E-state index in [0.29, 0.717) is 25.8 Å². The Kier molecular flexibility index (Phi) is 4.24. The van der Waals surface area contributed by atoms with E-state index in [1.807, 2.05) is 19.1 Å². The summed E-state index contributed by atoms with van der Waals surface area (Å²) in [5, 5.41) is 9.13. The number of aliphatic carboxylic acids is 1. The standard InChI is InChI=1S/C14H19NO4/c1-10-5-6-11(19-10)7-8-13(16)15-9-3-2-4-12(15)14(17)18/h5-6,12H,2-4,7-9H2,1H3,(H,17,18). The van der Waals surface area contributed by atoms with Gasteiger partial charge in [-0.25, -0.2) is 4.79 Å². The molecular formula is C14H19NO4. The maximum absolute atomic E-state index is 12.1. The molecular weight excluding hydrogens is 246 g/mol. The van der Waals surface area contributed by atoms with Crippen LogP contribution in [0.5, 0.6) is 0 Å². The van der Waals surface area contributed by atoms with E-state index in [1.54, 1.807) is 0 Å². The zero-order valence-corrected chi connectivity index (χ0v) is 11.1. The van der Waals surface area contributed by atoms with Crippen LogP contribution in [0.3, 0.4) is 0 Å². The molecule has 5 heteroatoms. The predicted molar refractivity (Wildman–Crippen MR) is 68.8 cm³/mol. The number of furan rings is 1. The summed E-state index contributed by atoms with van der Waals surface area (Å²) in [6, 6.07) is 3.06. The van der Waals surface area contributed by atoms with Crippen molar-refractivity contribution in [1.29, 1.82) is 0 Å². The van der Waals surface area contributed by atoms with Crippen molar-refractivity contribution in [3.63, 3.8) is 0 Å². The molecule has 1 atom stereocenters. The number of rotatable bonds is 4. The zero-order chi connectivity index (χ0) is 13.8. The Bertz CT molecular complexity index is 466. The highest BCUT2D eigenvalue weighted by atomic mass is 16.4. The van der Waals surface area contributed by atoms with Crippen LogP contribution in [0.15, 0.2) is 16.5 Å². The van der Waals surface area contributed by atoms with Crippen LogP contribution < -0.4 is 0 Å². The van der Waals surface area contributed by atoms with Crippen molar-refractivity contribution in [2.45, 2.75) is 45.1 Å². The lowest BCUT2D eigenvalue weighted by atomic mass is 10.0. The summed E-state index contributed by atoms with van der Waals surface area (Å²) in [5.74, 6) is 0.599. The quantitative estimate of drug-likeness (QED) is 0.903. The van der Waals surface area contributed by atoms with Crippen LogP contribution in [0.1, 0.15) is 37.2 Å². The maximum Gasteiger partial charge on any atom is 0.326 e. The van der Waals surface area contributed by atoms with E-state index in [2.05, 4.69) is 0 Å². The number of nitrogens with zero attached hydrogens (tertiary/aromatic N) is 1. The second kappa shape index (κ2) is 5.91.